The maximum atomic E-state index is 10.2. The van der Waals surface area contributed by atoms with Crippen LogP contribution in [-0.2, 0) is 11.3 Å². The first-order chi connectivity index (χ1) is 13.1. The molecule has 4 N–H and O–H groups in total. The van der Waals surface area contributed by atoms with Crippen LogP contribution in [0.4, 0.5) is 5.82 Å². The van der Waals surface area contributed by atoms with E-state index in [0.717, 1.165) is 10.0 Å². The van der Waals surface area contributed by atoms with Gasteiger partial charge in [-0.2, -0.15) is 0 Å². The molecule has 0 aliphatic carbocycles. The Kier molecular flexibility index (Phi) is 5.06. The van der Waals surface area contributed by atoms with Crippen LogP contribution in [0, 0.1) is 0 Å². The van der Waals surface area contributed by atoms with Gasteiger partial charge in [0.1, 0.15) is 24.6 Å². The summed E-state index contributed by atoms with van der Waals surface area (Å²) >= 11 is 3.51. The quantitative estimate of drug-likeness (QED) is 0.463. The number of aromatic nitrogens is 4. The number of fused-ring (bicyclic) bond motifs is 1. The molecule has 0 amide bonds. The van der Waals surface area contributed by atoms with Crippen molar-refractivity contribution in [1.29, 1.82) is 0 Å². The molecule has 3 heterocycles. The molecular weight excluding hydrogens is 418 g/mol. The Morgan fingerprint density at radius 2 is 1.96 bits per heavy atom. The van der Waals surface area contributed by atoms with E-state index >= 15 is 0 Å². The van der Waals surface area contributed by atoms with Gasteiger partial charge >= 0.3 is 0 Å². The van der Waals surface area contributed by atoms with Crippen molar-refractivity contribution < 1.29 is 20.1 Å². The van der Waals surface area contributed by atoms with Gasteiger partial charge in [-0.3, -0.25) is 4.57 Å². The number of anilines is 1. The van der Waals surface area contributed by atoms with Crippen LogP contribution in [0.5, 0.6) is 0 Å². The summed E-state index contributed by atoms with van der Waals surface area (Å²) in [5, 5.41) is 32.7. The van der Waals surface area contributed by atoms with Crippen molar-refractivity contribution in [2.45, 2.75) is 31.1 Å². The zero-order valence-electron chi connectivity index (χ0n) is 14.1. The van der Waals surface area contributed by atoms with E-state index in [1.807, 2.05) is 24.3 Å². The zero-order valence-corrected chi connectivity index (χ0v) is 15.7. The number of halogens is 1. The Morgan fingerprint density at radius 3 is 2.70 bits per heavy atom. The van der Waals surface area contributed by atoms with Crippen molar-refractivity contribution >= 4 is 32.9 Å². The SMILES string of the molecule is OC[C@H]1O[C@@H](n2cnc3c(NCc4ccccc4Br)ncnc32)[C@H](O)[C@@H]1O. The molecule has 0 unspecified atom stereocenters. The largest absolute Gasteiger partial charge is 0.394 e. The predicted octanol–water partition coefficient (Wildman–Crippen LogP) is 0.812. The van der Waals surface area contributed by atoms with Crippen LogP contribution in [0.3, 0.4) is 0 Å². The highest BCUT2D eigenvalue weighted by molar-refractivity contribution is 9.10. The third-order valence-corrected chi connectivity index (χ3v) is 5.33. The third-order valence-electron chi connectivity index (χ3n) is 4.55. The molecule has 0 radical (unpaired) electrons. The highest BCUT2D eigenvalue weighted by Gasteiger charge is 2.44. The molecule has 1 fully saturated rings. The van der Waals surface area contributed by atoms with Gasteiger partial charge in [-0.1, -0.05) is 34.1 Å². The van der Waals surface area contributed by atoms with Gasteiger partial charge in [-0.25, -0.2) is 15.0 Å². The Morgan fingerprint density at radius 1 is 1.15 bits per heavy atom. The molecule has 1 aliphatic rings. The normalized spacial score (nSPS) is 25.2. The second-order valence-corrected chi connectivity index (χ2v) is 7.07. The molecule has 0 spiro atoms. The maximum absolute atomic E-state index is 10.2. The number of nitrogens with zero attached hydrogens (tertiary/aromatic N) is 4. The van der Waals surface area contributed by atoms with Crippen LogP contribution in [0.1, 0.15) is 11.8 Å². The molecule has 3 aromatic rings. The monoisotopic (exact) mass is 435 g/mol. The summed E-state index contributed by atoms with van der Waals surface area (Å²) in [6.45, 7) is 0.142. The van der Waals surface area contributed by atoms with Crippen LogP contribution in [-0.4, -0.2) is 59.8 Å². The Balaban J connectivity index is 1.61. The molecule has 142 valence electrons. The molecule has 1 aliphatic heterocycles. The summed E-state index contributed by atoms with van der Waals surface area (Å²) in [5.74, 6) is 0.543. The second-order valence-electron chi connectivity index (χ2n) is 6.22. The van der Waals surface area contributed by atoms with Gasteiger partial charge in [0, 0.05) is 11.0 Å². The number of hydrogen-bond donors (Lipinski definition) is 4. The average molecular weight is 436 g/mol. The molecule has 0 bridgehead atoms. The molecule has 0 saturated carbocycles. The fourth-order valence-electron chi connectivity index (χ4n) is 3.10. The summed E-state index contributed by atoms with van der Waals surface area (Å²) in [5.41, 5.74) is 2.03. The highest BCUT2D eigenvalue weighted by Crippen LogP contribution is 2.32. The molecule has 1 saturated heterocycles. The molecule has 4 rings (SSSR count). The van der Waals surface area contributed by atoms with E-state index in [9.17, 15) is 15.3 Å². The minimum Gasteiger partial charge on any atom is -0.394 e. The molecular formula is C17H18BrN5O4. The van der Waals surface area contributed by atoms with Gasteiger partial charge in [-0.05, 0) is 11.6 Å². The standard InChI is InChI=1S/C17H18BrN5O4/c18-10-4-2-1-3-9(10)5-19-15-12-16(21-7-20-15)23(8-22-12)17-14(26)13(25)11(6-24)27-17/h1-4,7-8,11,13-14,17,24-26H,5-6H2,(H,19,20,21)/t11-,13-,14-,17-/m1/s1. The first-order valence-corrected chi connectivity index (χ1v) is 9.16. The number of hydrogen-bond acceptors (Lipinski definition) is 8. The summed E-state index contributed by atoms with van der Waals surface area (Å²) in [6, 6.07) is 7.85. The van der Waals surface area contributed by atoms with Gasteiger partial charge in [0.25, 0.3) is 0 Å². The van der Waals surface area contributed by atoms with Crippen LogP contribution < -0.4 is 5.32 Å². The Labute approximate surface area is 162 Å². The third kappa shape index (κ3) is 3.30. The minimum absolute atomic E-state index is 0.394. The van der Waals surface area contributed by atoms with Gasteiger partial charge in [0.05, 0.1) is 12.9 Å². The Bertz CT molecular complexity index is 952. The fourth-order valence-corrected chi connectivity index (χ4v) is 3.52. The van der Waals surface area contributed by atoms with E-state index < -0.39 is 31.1 Å². The number of imidazole rings is 1. The van der Waals surface area contributed by atoms with Crippen LogP contribution >= 0.6 is 15.9 Å². The lowest BCUT2D eigenvalue weighted by atomic mass is 10.1. The van der Waals surface area contributed by atoms with Crippen LogP contribution in [0.25, 0.3) is 11.2 Å². The molecule has 27 heavy (non-hydrogen) atoms. The summed E-state index contributed by atoms with van der Waals surface area (Å²) < 4.78 is 8.08. The molecule has 2 aromatic heterocycles. The molecule has 9 nitrogen and oxygen atoms in total. The number of nitrogens with one attached hydrogen (secondary N) is 1. The van der Waals surface area contributed by atoms with E-state index in [4.69, 9.17) is 4.74 Å². The van der Waals surface area contributed by atoms with Crippen LogP contribution in [0.15, 0.2) is 41.4 Å². The van der Waals surface area contributed by atoms with Crippen molar-refractivity contribution in [3.05, 3.63) is 47.0 Å². The fraction of sp³-hybridized carbons (Fsp3) is 0.353. The number of rotatable bonds is 5. The van der Waals surface area contributed by atoms with Crippen molar-refractivity contribution in [2.75, 3.05) is 11.9 Å². The number of ether oxygens (including phenoxy) is 1. The highest BCUT2D eigenvalue weighted by atomic mass is 79.9. The lowest BCUT2D eigenvalue weighted by Gasteiger charge is -2.16. The molecule has 10 heteroatoms. The van der Waals surface area contributed by atoms with Crippen molar-refractivity contribution in [1.82, 2.24) is 19.5 Å². The topological polar surface area (TPSA) is 126 Å². The smallest absolute Gasteiger partial charge is 0.167 e. The van der Waals surface area contributed by atoms with E-state index in [0.29, 0.717) is 23.5 Å². The predicted molar refractivity (Wildman–Crippen MR) is 99.8 cm³/mol. The van der Waals surface area contributed by atoms with Crippen LogP contribution in [0.2, 0.25) is 0 Å². The van der Waals surface area contributed by atoms with Crippen molar-refractivity contribution in [3.63, 3.8) is 0 Å². The van der Waals surface area contributed by atoms with Crippen molar-refractivity contribution in [2.24, 2.45) is 0 Å². The van der Waals surface area contributed by atoms with Gasteiger partial charge in [0.15, 0.2) is 23.2 Å². The van der Waals surface area contributed by atoms with Gasteiger partial charge in [-0.15, -0.1) is 0 Å². The Hall–Kier alpha value is -2.11. The number of aliphatic hydroxyl groups excluding tert-OH is 3. The van der Waals surface area contributed by atoms with E-state index in [2.05, 4.69) is 36.2 Å². The van der Waals surface area contributed by atoms with E-state index in [1.54, 1.807) is 0 Å². The lowest BCUT2D eigenvalue weighted by molar-refractivity contribution is -0.0511. The number of benzene rings is 1. The second kappa shape index (κ2) is 7.49. The molecule has 4 atom stereocenters. The maximum Gasteiger partial charge on any atom is 0.167 e. The molecule has 1 aromatic carbocycles. The van der Waals surface area contributed by atoms with E-state index in [-0.39, 0.29) is 0 Å². The van der Waals surface area contributed by atoms with Gasteiger partial charge in [0.2, 0.25) is 0 Å². The van der Waals surface area contributed by atoms with Crippen molar-refractivity contribution in [3.8, 4) is 0 Å². The first kappa shape index (κ1) is 18.3. The average Bonchev–Trinajstić information content (AvgIpc) is 3.23. The summed E-state index contributed by atoms with van der Waals surface area (Å²) in [7, 11) is 0. The summed E-state index contributed by atoms with van der Waals surface area (Å²) in [4.78, 5) is 12.8. The summed E-state index contributed by atoms with van der Waals surface area (Å²) in [6.07, 6.45) is -1.28. The minimum atomic E-state index is -1.20. The lowest BCUT2D eigenvalue weighted by Crippen LogP contribution is -2.33. The number of aliphatic hydroxyl groups is 3. The first-order valence-electron chi connectivity index (χ1n) is 8.37. The van der Waals surface area contributed by atoms with Gasteiger partial charge < -0.3 is 25.4 Å². The van der Waals surface area contributed by atoms with E-state index in [1.165, 1.54) is 17.2 Å². The zero-order chi connectivity index (χ0) is 19.0.